The Hall–Kier alpha value is -0.700. The molecule has 0 aliphatic heterocycles. The molecule has 0 aromatic carbocycles. The number of rotatable bonds is 7. The molecule has 1 unspecified atom stereocenters. The van der Waals surface area contributed by atoms with Crippen LogP contribution in [0.3, 0.4) is 0 Å². The summed E-state index contributed by atoms with van der Waals surface area (Å²) in [6, 6.07) is -0.732. The summed E-state index contributed by atoms with van der Waals surface area (Å²) in [5, 5.41) is 7.25. The van der Waals surface area contributed by atoms with E-state index in [-0.39, 0.29) is 31.2 Å². The maximum Gasteiger partial charge on any atom is 0.239 e. The molecule has 0 saturated carbocycles. The topological polar surface area (TPSA) is 125 Å². The number of ether oxygens (including phenoxy) is 1. The fourth-order valence-electron chi connectivity index (χ4n) is 0.871. The van der Waals surface area contributed by atoms with E-state index in [1.54, 1.807) is 0 Å². The number of primary sulfonamides is 1. The van der Waals surface area contributed by atoms with Crippen molar-refractivity contribution in [3.63, 3.8) is 0 Å². The Kier molecular flexibility index (Phi) is 6.41. The highest BCUT2D eigenvalue weighted by molar-refractivity contribution is 7.89. The lowest BCUT2D eigenvalue weighted by atomic mass is 10.3. The number of hydrogen-bond donors (Lipinski definition) is 3. The lowest BCUT2D eigenvalue weighted by Gasteiger charge is -2.10. The van der Waals surface area contributed by atoms with Gasteiger partial charge in [0.1, 0.15) is 6.04 Å². The highest BCUT2D eigenvalue weighted by Gasteiger charge is 2.12. The molecule has 0 aliphatic carbocycles. The maximum absolute atomic E-state index is 11.2. The monoisotopic (exact) mass is 239 g/mol. The van der Waals surface area contributed by atoms with Crippen molar-refractivity contribution >= 4 is 15.9 Å². The third kappa shape index (κ3) is 8.30. The molecular weight excluding hydrogens is 222 g/mol. The van der Waals surface area contributed by atoms with E-state index in [0.717, 1.165) is 0 Å². The smallest absolute Gasteiger partial charge is 0.239 e. The van der Waals surface area contributed by atoms with E-state index < -0.39 is 16.1 Å². The summed E-state index contributed by atoms with van der Waals surface area (Å²) < 4.78 is 25.7. The molecule has 0 spiro atoms. The molecule has 0 aliphatic rings. The zero-order chi connectivity index (χ0) is 11.9. The van der Waals surface area contributed by atoms with Gasteiger partial charge in [0, 0.05) is 13.7 Å². The maximum atomic E-state index is 11.2. The van der Waals surface area contributed by atoms with E-state index in [1.807, 2.05) is 0 Å². The quantitative estimate of drug-likeness (QED) is 0.433. The van der Waals surface area contributed by atoms with Crippen LogP contribution in [-0.2, 0) is 19.6 Å². The number of methoxy groups -OCH3 is 1. The van der Waals surface area contributed by atoms with E-state index in [9.17, 15) is 13.2 Å². The lowest BCUT2D eigenvalue weighted by Crippen LogP contribution is -2.44. The van der Waals surface area contributed by atoms with Crippen molar-refractivity contribution in [2.75, 3.05) is 26.0 Å². The SMILES string of the molecule is COCC(N)C(=O)NCCCS(N)(=O)=O. The molecule has 8 heteroatoms. The average molecular weight is 239 g/mol. The van der Waals surface area contributed by atoms with Crippen molar-refractivity contribution < 1.29 is 17.9 Å². The van der Waals surface area contributed by atoms with Crippen LogP contribution >= 0.6 is 0 Å². The van der Waals surface area contributed by atoms with E-state index in [2.05, 4.69) is 10.1 Å². The van der Waals surface area contributed by atoms with Crippen molar-refractivity contribution in [2.45, 2.75) is 12.5 Å². The van der Waals surface area contributed by atoms with Gasteiger partial charge in [0.2, 0.25) is 15.9 Å². The number of carbonyl (C=O) groups is 1. The molecule has 5 N–H and O–H groups in total. The summed E-state index contributed by atoms with van der Waals surface area (Å²) in [4.78, 5) is 11.2. The minimum absolute atomic E-state index is 0.126. The summed E-state index contributed by atoms with van der Waals surface area (Å²) in [5.74, 6) is -0.529. The zero-order valence-corrected chi connectivity index (χ0v) is 9.42. The summed E-state index contributed by atoms with van der Waals surface area (Å²) in [6.45, 7) is 0.355. The van der Waals surface area contributed by atoms with E-state index in [0.29, 0.717) is 0 Å². The molecule has 15 heavy (non-hydrogen) atoms. The molecule has 0 radical (unpaired) electrons. The van der Waals surface area contributed by atoms with E-state index >= 15 is 0 Å². The average Bonchev–Trinajstić information content (AvgIpc) is 2.11. The highest BCUT2D eigenvalue weighted by Crippen LogP contribution is 1.85. The standard InChI is InChI=1S/C7H17N3O4S/c1-14-5-6(8)7(11)10-3-2-4-15(9,12)13/h6H,2-5,8H2,1H3,(H,10,11)(H2,9,12,13). The first-order valence-corrected chi connectivity index (χ1v) is 6.11. The van der Waals surface area contributed by atoms with Gasteiger partial charge in [-0.25, -0.2) is 13.6 Å². The fourth-order valence-corrected chi connectivity index (χ4v) is 1.42. The van der Waals surface area contributed by atoms with Crippen LogP contribution in [-0.4, -0.2) is 46.4 Å². The second kappa shape index (κ2) is 6.72. The molecule has 0 saturated heterocycles. The third-order valence-electron chi connectivity index (χ3n) is 1.59. The Morgan fingerprint density at radius 2 is 2.13 bits per heavy atom. The Morgan fingerprint density at radius 1 is 1.53 bits per heavy atom. The van der Waals surface area contributed by atoms with Gasteiger partial charge in [0.05, 0.1) is 12.4 Å². The minimum Gasteiger partial charge on any atom is -0.383 e. The van der Waals surface area contributed by atoms with Gasteiger partial charge in [-0.2, -0.15) is 0 Å². The van der Waals surface area contributed by atoms with Crippen LogP contribution in [0.2, 0.25) is 0 Å². The van der Waals surface area contributed by atoms with Crippen LogP contribution in [0.5, 0.6) is 0 Å². The first-order valence-electron chi connectivity index (χ1n) is 4.39. The molecule has 1 atom stereocenters. The first kappa shape index (κ1) is 14.3. The van der Waals surface area contributed by atoms with Gasteiger partial charge in [0.25, 0.3) is 0 Å². The predicted molar refractivity (Wildman–Crippen MR) is 55.5 cm³/mol. The van der Waals surface area contributed by atoms with Crippen LogP contribution in [0.15, 0.2) is 0 Å². The van der Waals surface area contributed by atoms with Gasteiger partial charge in [-0.15, -0.1) is 0 Å². The fraction of sp³-hybridized carbons (Fsp3) is 0.857. The second-order valence-corrected chi connectivity index (χ2v) is 4.81. The van der Waals surface area contributed by atoms with Crippen molar-refractivity contribution in [1.82, 2.24) is 5.32 Å². The number of amides is 1. The minimum atomic E-state index is -3.46. The third-order valence-corrected chi connectivity index (χ3v) is 2.45. The summed E-state index contributed by atoms with van der Waals surface area (Å²) in [5.41, 5.74) is 5.42. The van der Waals surface area contributed by atoms with Crippen molar-refractivity contribution in [1.29, 1.82) is 0 Å². The Bertz CT molecular complexity index is 291. The van der Waals surface area contributed by atoms with Crippen LogP contribution in [0, 0.1) is 0 Å². The van der Waals surface area contributed by atoms with Gasteiger partial charge < -0.3 is 15.8 Å². The Labute approximate surface area is 89.2 Å². The molecule has 0 aromatic rings. The van der Waals surface area contributed by atoms with Gasteiger partial charge in [0.15, 0.2) is 0 Å². The summed E-state index contributed by atoms with van der Waals surface area (Å²) >= 11 is 0. The Morgan fingerprint density at radius 3 is 2.60 bits per heavy atom. The summed E-state index contributed by atoms with van der Waals surface area (Å²) in [6.07, 6.45) is 0.268. The van der Waals surface area contributed by atoms with Crippen molar-refractivity contribution in [2.24, 2.45) is 10.9 Å². The number of carbonyl (C=O) groups excluding carboxylic acids is 1. The van der Waals surface area contributed by atoms with Crippen LogP contribution in [0.25, 0.3) is 0 Å². The second-order valence-electron chi connectivity index (χ2n) is 3.07. The van der Waals surface area contributed by atoms with Crippen molar-refractivity contribution in [3.05, 3.63) is 0 Å². The molecule has 0 bridgehead atoms. The molecule has 0 heterocycles. The van der Waals surface area contributed by atoms with Gasteiger partial charge in [-0.05, 0) is 6.42 Å². The van der Waals surface area contributed by atoms with E-state index in [1.165, 1.54) is 7.11 Å². The van der Waals surface area contributed by atoms with Crippen LogP contribution < -0.4 is 16.2 Å². The number of hydrogen-bond acceptors (Lipinski definition) is 5. The normalized spacial score (nSPS) is 13.5. The molecule has 0 fully saturated rings. The van der Waals surface area contributed by atoms with Gasteiger partial charge in [-0.1, -0.05) is 0 Å². The highest BCUT2D eigenvalue weighted by atomic mass is 32.2. The molecular formula is C7H17N3O4S. The molecule has 7 nitrogen and oxygen atoms in total. The van der Waals surface area contributed by atoms with Gasteiger partial charge in [-0.3, -0.25) is 4.79 Å². The molecule has 90 valence electrons. The van der Waals surface area contributed by atoms with Crippen LogP contribution in [0.1, 0.15) is 6.42 Å². The number of nitrogens with one attached hydrogen (secondary N) is 1. The van der Waals surface area contributed by atoms with Crippen molar-refractivity contribution in [3.8, 4) is 0 Å². The summed E-state index contributed by atoms with van der Waals surface area (Å²) in [7, 11) is -2.02. The number of sulfonamides is 1. The number of nitrogens with two attached hydrogens (primary N) is 2. The van der Waals surface area contributed by atoms with Gasteiger partial charge >= 0.3 is 0 Å². The molecule has 0 aromatic heterocycles. The Balaban J connectivity index is 3.64. The lowest BCUT2D eigenvalue weighted by molar-refractivity contribution is -0.123. The molecule has 1 amide bonds. The van der Waals surface area contributed by atoms with Crippen LogP contribution in [0.4, 0.5) is 0 Å². The molecule has 0 rings (SSSR count). The van der Waals surface area contributed by atoms with E-state index in [4.69, 9.17) is 10.9 Å². The zero-order valence-electron chi connectivity index (χ0n) is 8.60. The largest absolute Gasteiger partial charge is 0.383 e. The first-order chi connectivity index (χ1) is 6.87. The predicted octanol–water partition coefficient (Wildman–Crippen LogP) is -2.25.